The lowest BCUT2D eigenvalue weighted by Crippen LogP contribution is -2.27. The van der Waals surface area contributed by atoms with Crippen molar-refractivity contribution in [2.75, 3.05) is 41.0 Å². The van der Waals surface area contributed by atoms with E-state index >= 15 is 8.78 Å². The number of Topliss-reactive ketones (excluding diaryl/α,β-unsaturated/α-hetero) is 1. The van der Waals surface area contributed by atoms with Gasteiger partial charge in [0.05, 0.1) is 34.0 Å². The van der Waals surface area contributed by atoms with Crippen LogP contribution in [-0.4, -0.2) is 74.7 Å². The van der Waals surface area contributed by atoms with Crippen LogP contribution in [0.3, 0.4) is 0 Å². The van der Waals surface area contributed by atoms with E-state index in [1.54, 1.807) is 19.2 Å². The summed E-state index contributed by atoms with van der Waals surface area (Å²) in [4.78, 5) is 50.3. The Hall–Kier alpha value is -4.26. The standard InChI is InChI=1S/C31H37F2N3O8/c1-34-14-21(38)7-8-27(40)36-16-20-13-25(42-3)31(29(33)23(20)18-36)44-11-5-10-43-30-24(41-2)12-19-15-35(17-22(19)28(30)32)26(39)6-4-9-37/h9,12-13,34H,4-8,10-11,14-18H2,1-3H3. The fourth-order valence-electron chi connectivity index (χ4n) is 5.29. The first-order valence-electron chi connectivity index (χ1n) is 14.4. The first-order valence-corrected chi connectivity index (χ1v) is 14.4. The Morgan fingerprint density at radius 1 is 0.818 bits per heavy atom. The summed E-state index contributed by atoms with van der Waals surface area (Å²) in [6.45, 7) is 0.775. The van der Waals surface area contributed by atoms with Crippen LogP contribution in [-0.2, 0) is 45.4 Å². The molecule has 11 nitrogen and oxygen atoms in total. The highest BCUT2D eigenvalue weighted by molar-refractivity contribution is 5.86. The molecular weight excluding hydrogens is 580 g/mol. The maximum absolute atomic E-state index is 15.5. The predicted octanol–water partition coefficient (Wildman–Crippen LogP) is 3.06. The van der Waals surface area contributed by atoms with Crippen LogP contribution >= 0.6 is 0 Å². The minimum Gasteiger partial charge on any atom is -0.493 e. The average molecular weight is 618 g/mol. The zero-order chi connectivity index (χ0) is 31.8. The molecule has 0 radical (unpaired) electrons. The number of aldehydes is 1. The third kappa shape index (κ3) is 7.26. The van der Waals surface area contributed by atoms with Gasteiger partial charge in [-0.1, -0.05) is 0 Å². The van der Waals surface area contributed by atoms with Crippen molar-refractivity contribution in [3.8, 4) is 23.0 Å². The quantitative estimate of drug-likeness (QED) is 0.224. The SMILES string of the molecule is CNCC(=O)CCC(=O)N1Cc2cc(OC)c(OCCCOc3c(OC)cc4c(c3F)CN(C(=O)CCC=O)C4)c(F)c2C1. The van der Waals surface area contributed by atoms with Gasteiger partial charge in [-0.15, -0.1) is 0 Å². The van der Waals surface area contributed by atoms with E-state index in [4.69, 9.17) is 18.9 Å². The van der Waals surface area contributed by atoms with Crippen molar-refractivity contribution >= 4 is 23.9 Å². The fourth-order valence-corrected chi connectivity index (χ4v) is 5.29. The molecule has 1 N–H and O–H groups in total. The molecule has 2 aromatic rings. The number of fused-ring (bicyclic) bond motifs is 2. The van der Waals surface area contributed by atoms with E-state index in [9.17, 15) is 19.2 Å². The molecule has 0 fully saturated rings. The molecule has 0 aliphatic carbocycles. The first kappa shape index (κ1) is 32.6. The molecule has 2 aliphatic heterocycles. The molecule has 0 aromatic heterocycles. The Kier molecular flexibility index (Phi) is 11.1. The molecule has 0 saturated heterocycles. The van der Waals surface area contributed by atoms with Gasteiger partial charge in [0, 0.05) is 69.4 Å². The van der Waals surface area contributed by atoms with E-state index < -0.39 is 11.6 Å². The van der Waals surface area contributed by atoms with Crippen LogP contribution < -0.4 is 24.3 Å². The van der Waals surface area contributed by atoms with Crippen molar-refractivity contribution in [3.63, 3.8) is 0 Å². The number of nitrogens with one attached hydrogen (secondary N) is 1. The Morgan fingerprint density at radius 3 is 1.77 bits per heavy atom. The van der Waals surface area contributed by atoms with E-state index in [1.165, 1.54) is 24.0 Å². The smallest absolute Gasteiger partial charge is 0.223 e. The van der Waals surface area contributed by atoms with Crippen molar-refractivity contribution in [2.45, 2.75) is 58.3 Å². The van der Waals surface area contributed by atoms with E-state index in [0.29, 0.717) is 28.5 Å². The number of nitrogens with zero attached hydrogens (tertiary/aromatic N) is 2. The highest BCUT2D eigenvalue weighted by Crippen LogP contribution is 2.40. The zero-order valence-electron chi connectivity index (χ0n) is 25.1. The topological polar surface area (TPSA) is 124 Å². The molecule has 2 amide bonds. The Bertz CT molecular complexity index is 1420. The van der Waals surface area contributed by atoms with E-state index in [1.807, 2.05) is 0 Å². The van der Waals surface area contributed by atoms with Gasteiger partial charge in [-0.2, -0.15) is 0 Å². The summed E-state index contributed by atoms with van der Waals surface area (Å²) < 4.78 is 53.1. The lowest BCUT2D eigenvalue weighted by molar-refractivity contribution is -0.133. The highest BCUT2D eigenvalue weighted by Gasteiger charge is 2.31. The number of hydrogen-bond donors (Lipinski definition) is 1. The number of halogens is 2. The van der Waals surface area contributed by atoms with Gasteiger partial charge in [0.2, 0.25) is 11.8 Å². The maximum atomic E-state index is 15.5. The van der Waals surface area contributed by atoms with Crippen molar-refractivity contribution in [1.29, 1.82) is 0 Å². The summed E-state index contributed by atoms with van der Waals surface area (Å²) in [5.41, 5.74) is 1.87. The van der Waals surface area contributed by atoms with E-state index in [-0.39, 0.29) is 119 Å². The summed E-state index contributed by atoms with van der Waals surface area (Å²) in [6, 6.07) is 3.28. The second kappa shape index (κ2) is 15.0. The van der Waals surface area contributed by atoms with Gasteiger partial charge in [0.1, 0.15) is 12.1 Å². The number of carbonyl (C=O) groups is 4. The number of amides is 2. The van der Waals surface area contributed by atoms with Crippen molar-refractivity contribution < 1.29 is 46.9 Å². The molecule has 13 heteroatoms. The molecule has 0 bridgehead atoms. The summed E-state index contributed by atoms with van der Waals surface area (Å²) in [6.07, 6.45) is 1.26. The maximum Gasteiger partial charge on any atom is 0.223 e. The number of benzene rings is 2. The largest absolute Gasteiger partial charge is 0.493 e. The number of carbonyl (C=O) groups excluding carboxylic acids is 4. The minimum atomic E-state index is -0.625. The molecule has 0 unspecified atom stereocenters. The third-order valence-corrected chi connectivity index (χ3v) is 7.58. The van der Waals surface area contributed by atoms with Gasteiger partial charge in [-0.05, 0) is 30.3 Å². The van der Waals surface area contributed by atoms with Crippen molar-refractivity contribution in [1.82, 2.24) is 15.1 Å². The molecule has 0 spiro atoms. The number of hydrogen-bond acceptors (Lipinski definition) is 9. The van der Waals surface area contributed by atoms with Crippen LogP contribution in [0.15, 0.2) is 12.1 Å². The second-order valence-corrected chi connectivity index (χ2v) is 10.5. The summed E-state index contributed by atoms with van der Waals surface area (Å²) in [5.74, 6) is -1.62. The first-order chi connectivity index (χ1) is 21.2. The molecule has 0 atom stereocenters. The molecular formula is C31H37F2N3O8. The monoisotopic (exact) mass is 617 g/mol. The van der Waals surface area contributed by atoms with E-state index in [0.717, 1.165) is 0 Å². The normalized spacial score (nSPS) is 13.4. The molecule has 4 rings (SSSR count). The van der Waals surface area contributed by atoms with E-state index in [2.05, 4.69) is 5.32 Å². The highest BCUT2D eigenvalue weighted by atomic mass is 19.1. The molecule has 2 aliphatic rings. The van der Waals surface area contributed by atoms with Gasteiger partial charge in [0.25, 0.3) is 0 Å². The molecule has 2 aromatic carbocycles. The molecule has 0 saturated carbocycles. The van der Waals surface area contributed by atoms with Gasteiger partial charge < -0.3 is 38.9 Å². The zero-order valence-corrected chi connectivity index (χ0v) is 25.1. The lowest BCUT2D eigenvalue weighted by Gasteiger charge is -2.16. The van der Waals surface area contributed by atoms with Crippen molar-refractivity contribution in [3.05, 3.63) is 46.0 Å². The molecule has 44 heavy (non-hydrogen) atoms. The van der Waals surface area contributed by atoms with Gasteiger partial charge in [-0.3, -0.25) is 14.4 Å². The molecule has 2 heterocycles. The Balaban J connectivity index is 1.34. The van der Waals surface area contributed by atoms with Gasteiger partial charge >= 0.3 is 0 Å². The van der Waals surface area contributed by atoms with Crippen LogP contribution in [0.2, 0.25) is 0 Å². The number of likely N-dealkylation sites (N-methyl/N-ethyl adjacent to an activating group) is 1. The number of ketones is 1. The Labute approximate surface area is 254 Å². The van der Waals surface area contributed by atoms with Crippen LogP contribution in [0.1, 0.15) is 54.4 Å². The molecule has 238 valence electrons. The Morgan fingerprint density at radius 2 is 1.32 bits per heavy atom. The third-order valence-electron chi connectivity index (χ3n) is 7.58. The summed E-state index contributed by atoms with van der Waals surface area (Å²) in [5, 5.41) is 2.76. The van der Waals surface area contributed by atoms with Gasteiger partial charge in [-0.25, -0.2) is 8.78 Å². The summed E-state index contributed by atoms with van der Waals surface area (Å²) >= 11 is 0. The van der Waals surface area contributed by atoms with Crippen LogP contribution in [0.5, 0.6) is 23.0 Å². The van der Waals surface area contributed by atoms with Crippen LogP contribution in [0, 0.1) is 11.6 Å². The van der Waals surface area contributed by atoms with Crippen LogP contribution in [0.25, 0.3) is 0 Å². The number of ether oxygens (including phenoxy) is 4. The predicted molar refractivity (Wildman–Crippen MR) is 153 cm³/mol. The van der Waals surface area contributed by atoms with Crippen LogP contribution in [0.4, 0.5) is 8.78 Å². The van der Waals surface area contributed by atoms with Gasteiger partial charge in [0.15, 0.2) is 34.6 Å². The summed E-state index contributed by atoms with van der Waals surface area (Å²) in [7, 11) is 4.44. The fraction of sp³-hybridized carbons (Fsp3) is 0.484. The average Bonchev–Trinajstić information content (AvgIpc) is 3.65. The minimum absolute atomic E-state index is 0.0240. The number of methoxy groups -OCH3 is 2. The second-order valence-electron chi connectivity index (χ2n) is 10.5. The number of rotatable bonds is 16. The lowest BCUT2D eigenvalue weighted by atomic mass is 10.1. The van der Waals surface area contributed by atoms with Crippen molar-refractivity contribution in [2.24, 2.45) is 0 Å².